The van der Waals surface area contributed by atoms with E-state index in [1.54, 1.807) is 0 Å². The maximum Gasteiger partial charge on any atom is 0.270 e. The minimum absolute atomic E-state index is 0.110. The average molecular weight is 503 g/mol. The maximum atomic E-state index is 14.0. The van der Waals surface area contributed by atoms with Crippen LogP contribution in [0.2, 0.25) is 0 Å². The Morgan fingerprint density at radius 3 is 1.61 bits per heavy atom. The van der Waals surface area contributed by atoms with Gasteiger partial charge in [-0.05, 0) is 44.3 Å². The molecule has 6 nitrogen and oxygen atoms in total. The van der Waals surface area contributed by atoms with Gasteiger partial charge in [-0.1, -0.05) is 62.4 Å². The Morgan fingerprint density at radius 2 is 1.24 bits per heavy atom. The molecule has 1 fully saturated rings. The van der Waals surface area contributed by atoms with E-state index in [0.29, 0.717) is 10.2 Å². The molecule has 0 unspecified atom stereocenters. The molecule has 3 aromatic carbocycles. The van der Waals surface area contributed by atoms with Gasteiger partial charge in [0.05, 0.1) is 22.4 Å². The molecule has 3 aliphatic carbocycles. The van der Waals surface area contributed by atoms with E-state index in [2.05, 4.69) is 54.0 Å². The van der Waals surface area contributed by atoms with Crippen LogP contribution in [0.5, 0.6) is 0 Å². The quantitative estimate of drug-likeness (QED) is 0.277. The molecule has 164 valence electrons. The first kappa shape index (κ1) is 20.3. The van der Waals surface area contributed by atoms with Crippen LogP contribution in [-0.4, -0.2) is 16.7 Å². The van der Waals surface area contributed by atoms with Crippen molar-refractivity contribution in [2.45, 2.75) is 24.7 Å². The SMILES string of the molecule is CC12c3ccccc3C(C)(c3ccccc31)[C@H]1C(=O)N(c3ccc([N+](=O)[O-])cc3Br)C(=O)[C@@H]12. The summed E-state index contributed by atoms with van der Waals surface area (Å²) in [4.78, 5) is 40.0. The molecule has 2 bridgehead atoms. The van der Waals surface area contributed by atoms with Crippen LogP contribution in [0.25, 0.3) is 0 Å². The molecule has 7 heteroatoms. The molecule has 2 atom stereocenters. The fourth-order valence-electron chi connectivity index (χ4n) is 6.60. The largest absolute Gasteiger partial charge is 0.274 e. The third-order valence-corrected chi connectivity index (χ3v) is 8.66. The summed E-state index contributed by atoms with van der Waals surface area (Å²) < 4.78 is 0.342. The van der Waals surface area contributed by atoms with Crippen LogP contribution >= 0.6 is 15.9 Å². The van der Waals surface area contributed by atoms with Gasteiger partial charge in [-0.25, -0.2) is 4.90 Å². The highest BCUT2D eigenvalue weighted by molar-refractivity contribution is 9.10. The number of nitrogens with zero attached hydrogens (tertiary/aromatic N) is 2. The Labute approximate surface area is 198 Å². The second kappa shape index (κ2) is 6.38. The lowest BCUT2D eigenvalue weighted by Crippen LogP contribution is -2.59. The molecule has 0 spiro atoms. The fourth-order valence-corrected chi connectivity index (χ4v) is 7.14. The van der Waals surface area contributed by atoms with Crippen molar-refractivity contribution in [2.24, 2.45) is 11.8 Å². The van der Waals surface area contributed by atoms with Crippen molar-refractivity contribution in [1.29, 1.82) is 0 Å². The Bertz CT molecular complexity index is 1290. The first-order valence-electron chi connectivity index (χ1n) is 10.7. The maximum absolute atomic E-state index is 14.0. The number of benzene rings is 3. The van der Waals surface area contributed by atoms with Gasteiger partial charge in [-0.2, -0.15) is 0 Å². The normalized spacial score (nSPS) is 29.0. The lowest BCUT2D eigenvalue weighted by molar-refractivity contribution is -0.384. The number of hydrogen-bond donors (Lipinski definition) is 0. The Balaban J connectivity index is 1.61. The molecule has 0 radical (unpaired) electrons. The highest BCUT2D eigenvalue weighted by Crippen LogP contribution is 2.66. The van der Waals surface area contributed by atoms with Crippen LogP contribution < -0.4 is 4.90 Å². The molecule has 2 amide bonds. The summed E-state index contributed by atoms with van der Waals surface area (Å²) in [6.45, 7) is 4.14. The highest BCUT2D eigenvalue weighted by atomic mass is 79.9. The van der Waals surface area contributed by atoms with Gasteiger partial charge in [0.2, 0.25) is 11.8 Å². The van der Waals surface area contributed by atoms with E-state index in [4.69, 9.17) is 0 Å². The zero-order valence-corrected chi connectivity index (χ0v) is 19.5. The standard InChI is InChI=1S/C26H19BrN2O4/c1-25-15-7-3-5-9-17(15)26(2,18-10-6-4-8-16(18)25)22-21(25)23(30)28(24(22)31)20-12-11-14(29(32)33)13-19(20)27/h3-13,21-22H,1-2H3/t21-,22-,25?,26?/m1/s1. The summed E-state index contributed by atoms with van der Waals surface area (Å²) in [6, 6.07) is 20.4. The molecule has 4 aliphatic rings. The smallest absolute Gasteiger partial charge is 0.270 e. The first-order valence-corrected chi connectivity index (χ1v) is 11.5. The van der Waals surface area contributed by atoms with Gasteiger partial charge in [0.15, 0.2) is 0 Å². The van der Waals surface area contributed by atoms with E-state index in [0.717, 1.165) is 22.3 Å². The van der Waals surface area contributed by atoms with E-state index in [1.165, 1.54) is 23.1 Å². The fraction of sp³-hybridized carbons (Fsp3) is 0.231. The summed E-state index contributed by atoms with van der Waals surface area (Å²) in [6.07, 6.45) is 0. The molecular formula is C26H19BrN2O4. The number of carbonyl (C=O) groups excluding carboxylic acids is 2. The third-order valence-electron chi connectivity index (χ3n) is 8.03. The summed E-state index contributed by atoms with van der Waals surface area (Å²) in [5, 5.41) is 11.2. The van der Waals surface area contributed by atoms with E-state index in [9.17, 15) is 19.7 Å². The van der Waals surface area contributed by atoms with Crippen molar-refractivity contribution < 1.29 is 14.5 Å². The lowest BCUT2D eigenvalue weighted by atomic mass is 9.42. The number of non-ortho nitro benzene ring substituents is 1. The minimum atomic E-state index is -0.662. The predicted molar refractivity (Wildman–Crippen MR) is 126 cm³/mol. The van der Waals surface area contributed by atoms with E-state index in [1.807, 2.05) is 24.3 Å². The van der Waals surface area contributed by atoms with E-state index >= 15 is 0 Å². The van der Waals surface area contributed by atoms with Gasteiger partial charge in [0.1, 0.15) is 0 Å². The van der Waals surface area contributed by atoms with E-state index in [-0.39, 0.29) is 17.5 Å². The van der Waals surface area contributed by atoms with Gasteiger partial charge in [-0.15, -0.1) is 0 Å². The van der Waals surface area contributed by atoms with Gasteiger partial charge in [0, 0.05) is 27.4 Å². The van der Waals surface area contributed by atoms with Gasteiger partial charge < -0.3 is 0 Å². The third kappa shape index (κ3) is 2.23. The van der Waals surface area contributed by atoms with Crippen molar-refractivity contribution in [3.63, 3.8) is 0 Å². The van der Waals surface area contributed by atoms with Crippen LogP contribution in [0, 0.1) is 22.0 Å². The Morgan fingerprint density at radius 1 is 0.818 bits per heavy atom. The molecule has 1 aliphatic heterocycles. The monoisotopic (exact) mass is 502 g/mol. The first-order chi connectivity index (χ1) is 15.7. The number of anilines is 1. The summed E-state index contributed by atoms with van der Waals surface area (Å²) in [5.41, 5.74) is 3.23. The van der Waals surface area contributed by atoms with Gasteiger partial charge in [0.25, 0.3) is 5.69 Å². The summed E-state index contributed by atoms with van der Waals surface area (Å²) in [7, 11) is 0. The van der Waals surface area contributed by atoms with E-state index < -0.39 is 27.6 Å². The van der Waals surface area contributed by atoms with Gasteiger partial charge >= 0.3 is 0 Å². The molecule has 7 rings (SSSR count). The number of nitro groups is 1. The number of imide groups is 1. The number of hydrogen-bond acceptors (Lipinski definition) is 4. The second-order valence-electron chi connectivity index (χ2n) is 9.36. The Hall–Kier alpha value is -3.32. The molecular weight excluding hydrogens is 484 g/mol. The molecule has 0 aromatic heterocycles. The number of nitro benzene ring substituents is 1. The second-order valence-corrected chi connectivity index (χ2v) is 10.2. The van der Waals surface area contributed by atoms with Crippen LogP contribution in [0.4, 0.5) is 11.4 Å². The molecule has 0 saturated carbocycles. The average Bonchev–Trinajstić information content (AvgIpc) is 3.08. The Kier molecular flexibility index (Phi) is 3.93. The van der Waals surface area contributed by atoms with Crippen LogP contribution in [-0.2, 0) is 20.4 Å². The van der Waals surface area contributed by atoms with Crippen LogP contribution in [0.3, 0.4) is 0 Å². The number of amides is 2. The van der Waals surface area contributed by atoms with Crippen LogP contribution in [0.1, 0.15) is 36.1 Å². The number of rotatable bonds is 2. The predicted octanol–water partition coefficient (Wildman–Crippen LogP) is 5.10. The van der Waals surface area contributed by atoms with Crippen molar-refractivity contribution in [1.82, 2.24) is 0 Å². The molecule has 3 aromatic rings. The zero-order chi connectivity index (χ0) is 23.3. The number of carbonyl (C=O) groups is 2. The molecule has 1 saturated heterocycles. The van der Waals surface area contributed by atoms with Crippen molar-refractivity contribution in [2.75, 3.05) is 4.90 Å². The van der Waals surface area contributed by atoms with Crippen molar-refractivity contribution >= 4 is 39.1 Å². The molecule has 0 N–H and O–H groups in total. The number of halogens is 1. The topological polar surface area (TPSA) is 80.5 Å². The highest BCUT2D eigenvalue weighted by Gasteiger charge is 2.70. The van der Waals surface area contributed by atoms with Crippen molar-refractivity contribution in [3.05, 3.63) is 104 Å². The minimum Gasteiger partial charge on any atom is -0.274 e. The van der Waals surface area contributed by atoms with Gasteiger partial charge in [-0.3, -0.25) is 19.7 Å². The molecule has 33 heavy (non-hydrogen) atoms. The summed E-state index contributed by atoms with van der Waals surface area (Å²) in [5.74, 6) is -1.67. The summed E-state index contributed by atoms with van der Waals surface area (Å²) >= 11 is 3.36. The van der Waals surface area contributed by atoms with Crippen molar-refractivity contribution in [3.8, 4) is 0 Å². The molecule has 1 heterocycles. The lowest BCUT2D eigenvalue weighted by Gasteiger charge is -2.57. The van der Waals surface area contributed by atoms with Crippen LogP contribution in [0.15, 0.2) is 71.2 Å². The zero-order valence-electron chi connectivity index (χ0n) is 17.9.